The molecule has 1 aromatic carbocycles. The van der Waals surface area contributed by atoms with Gasteiger partial charge >= 0.3 is 0 Å². The van der Waals surface area contributed by atoms with Crippen LogP contribution in [0.1, 0.15) is 38.2 Å². The van der Waals surface area contributed by atoms with Crippen LogP contribution in [0.5, 0.6) is 0 Å². The number of hydrogen-bond acceptors (Lipinski definition) is 1. The van der Waals surface area contributed by atoms with Gasteiger partial charge in [0, 0.05) is 16.5 Å². The fourth-order valence-corrected chi connectivity index (χ4v) is 3.15. The highest BCUT2D eigenvalue weighted by Gasteiger charge is 2.25. The van der Waals surface area contributed by atoms with Gasteiger partial charge in [0.1, 0.15) is 0 Å². The first-order valence-electron chi connectivity index (χ1n) is 6.68. The van der Waals surface area contributed by atoms with E-state index in [4.69, 9.17) is 23.2 Å². The second-order valence-corrected chi connectivity index (χ2v) is 6.37. The van der Waals surface area contributed by atoms with E-state index in [0.717, 1.165) is 24.3 Å². The van der Waals surface area contributed by atoms with Crippen LogP contribution in [0, 0.1) is 11.8 Å². The lowest BCUT2D eigenvalue weighted by atomic mass is 9.79. The third-order valence-electron chi connectivity index (χ3n) is 4.04. The molecule has 0 spiro atoms. The molecule has 18 heavy (non-hydrogen) atoms. The lowest BCUT2D eigenvalue weighted by Crippen LogP contribution is -2.27. The maximum atomic E-state index is 10.3. The van der Waals surface area contributed by atoms with Crippen molar-refractivity contribution in [3.8, 4) is 0 Å². The quantitative estimate of drug-likeness (QED) is 0.852. The number of aliphatic hydroxyl groups is 1. The molecule has 1 aliphatic carbocycles. The van der Waals surface area contributed by atoms with Crippen molar-refractivity contribution in [3.05, 3.63) is 33.8 Å². The van der Waals surface area contributed by atoms with Crippen LogP contribution in [0.25, 0.3) is 0 Å². The molecule has 1 fully saturated rings. The summed E-state index contributed by atoms with van der Waals surface area (Å²) in [7, 11) is 0. The van der Waals surface area contributed by atoms with E-state index < -0.39 is 0 Å². The lowest BCUT2D eigenvalue weighted by Gasteiger charge is -2.30. The van der Waals surface area contributed by atoms with Gasteiger partial charge in [-0.15, -0.1) is 0 Å². The zero-order valence-electron chi connectivity index (χ0n) is 10.7. The summed E-state index contributed by atoms with van der Waals surface area (Å²) in [4.78, 5) is 0. The van der Waals surface area contributed by atoms with Crippen LogP contribution in [0.4, 0.5) is 0 Å². The van der Waals surface area contributed by atoms with Crippen LogP contribution in [-0.2, 0) is 6.42 Å². The average Bonchev–Trinajstić information content (AvgIpc) is 2.34. The molecule has 1 N–H and O–H groups in total. The Morgan fingerprint density at radius 3 is 2.56 bits per heavy atom. The Morgan fingerprint density at radius 2 is 1.89 bits per heavy atom. The molecule has 0 aromatic heterocycles. The fraction of sp³-hybridized carbons (Fsp3) is 0.600. The molecule has 0 bridgehead atoms. The molecule has 1 saturated carbocycles. The minimum atomic E-state index is -0.298. The van der Waals surface area contributed by atoms with Crippen molar-refractivity contribution in [3.63, 3.8) is 0 Å². The molecule has 2 rings (SSSR count). The Kier molecular flexibility index (Phi) is 4.94. The molecule has 0 radical (unpaired) electrons. The second kappa shape index (κ2) is 6.27. The minimum Gasteiger partial charge on any atom is -0.392 e. The van der Waals surface area contributed by atoms with E-state index in [1.54, 1.807) is 12.1 Å². The zero-order valence-corrected chi connectivity index (χ0v) is 12.2. The molecular formula is C15H20Cl2O. The van der Waals surface area contributed by atoms with E-state index >= 15 is 0 Å². The van der Waals surface area contributed by atoms with Crippen molar-refractivity contribution in [2.75, 3.05) is 0 Å². The number of aliphatic hydroxyl groups excluding tert-OH is 1. The van der Waals surface area contributed by atoms with Gasteiger partial charge in [-0.05, 0) is 48.4 Å². The van der Waals surface area contributed by atoms with Crippen LogP contribution in [0.2, 0.25) is 10.0 Å². The molecule has 1 aliphatic rings. The molecule has 0 saturated heterocycles. The van der Waals surface area contributed by atoms with Gasteiger partial charge in [-0.2, -0.15) is 0 Å². The molecule has 100 valence electrons. The van der Waals surface area contributed by atoms with Crippen molar-refractivity contribution >= 4 is 23.2 Å². The summed E-state index contributed by atoms with van der Waals surface area (Å²) in [6.07, 6.45) is 5.02. The zero-order chi connectivity index (χ0) is 13.1. The Morgan fingerprint density at radius 1 is 1.22 bits per heavy atom. The normalized spacial score (nSPS) is 26.0. The van der Waals surface area contributed by atoms with Gasteiger partial charge in [-0.1, -0.05) is 43.0 Å². The second-order valence-electron chi connectivity index (χ2n) is 5.53. The van der Waals surface area contributed by atoms with Crippen molar-refractivity contribution in [1.29, 1.82) is 0 Å². The van der Waals surface area contributed by atoms with Crippen LogP contribution >= 0.6 is 23.2 Å². The van der Waals surface area contributed by atoms with Gasteiger partial charge in [-0.3, -0.25) is 0 Å². The molecule has 1 aromatic rings. The minimum absolute atomic E-state index is 0.298. The van der Waals surface area contributed by atoms with Gasteiger partial charge in [0.05, 0.1) is 6.10 Å². The first kappa shape index (κ1) is 14.2. The Labute approximate surface area is 119 Å². The van der Waals surface area contributed by atoms with E-state index in [2.05, 4.69) is 6.92 Å². The van der Waals surface area contributed by atoms with Gasteiger partial charge in [0.25, 0.3) is 0 Å². The Hall–Kier alpha value is -0.240. The van der Waals surface area contributed by atoms with E-state index in [-0.39, 0.29) is 6.10 Å². The number of halogens is 2. The summed E-state index contributed by atoms with van der Waals surface area (Å²) in [5, 5.41) is 11.7. The molecule has 0 heterocycles. The van der Waals surface area contributed by atoms with E-state index in [9.17, 15) is 5.11 Å². The number of rotatable bonds is 3. The van der Waals surface area contributed by atoms with E-state index in [1.165, 1.54) is 12.8 Å². The molecule has 0 amide bonds. The Bertz CT molecular complexity index is 397. The van der Waals surface area contributed by atoms with Crippen molar-refractivity contribution in [2.24, 2.45) is 11.8 Å². The highest BCUT2D eigenvalue weighted by molar-refractivity contribution is 6.33. The average molecular weight is 287 g/mol. The van der Waals surface area contributed by atoms with Gasteiger partial charge < -0.3 is 5.11 Å². The molecule has 0 aliphatic heterocycles. The van der Waals surface area contributed by atoms with Gasteiger partial charge in [0.15, 0.2) is 0 Å². The molecule has 1 nitrogen and oxygen atoms in total. The van der Waals surface area contributed by atoms with Gasteiger partial charge in [0.2, 0.25) is 0 Å². The molecule has 1 unspecified atom stereocenters. The van der Waals surface area contributed by atoms with Gasteiger partial charge in [-0.25, -0.2) is 0 Å². The highest BCUT2D eigenvalue weighted by Crippen LogP contribution is 2.32. The SMILES string of the molecule is CC1CCC(C(O)Cc2cc(Cl)ccc2Cl)CC1. The monoisotopic (exact) mass is 286 g/mol. The van der Waals surface area contributed by atoms with Crippen molar-refractivity contribution in [1.82, 2.24) is 0 Å². The number of hydrogen-bond donors (Lipinski definition) is 1. The summed E-state index contributed by atoms with van der Waals surface area (Å²) in [6, 6.07) is 5.44. The third-order valence-corrected chi connectivity index (χ3v) is 4.65. The third kappa shape index (κ3) is 3.63. The van der Waals surface area contributed by atoms with E-state index in [1.807, 2.05) is 6.07 Å². The van der Waals surface area contributed by atoms with Crippen LogP contribution in [0.15, 0.2) is 18.2 Å². The lowest BCUT2D eigenvalue weighted by molar-refractivity contribution is 0.0761. The van der Waals surface area contributed by atoms with Crippen molar-refractivity contribution in [2.45, 2.75) is 45.1 Å². The molecule has 3 heteroatoms. The predicted molar refractivity (Wildman–Crippen MR) is 77.3 cm³/mol. The summed E-state index contributed by atoms with van der Waals surface area (Å²) >= 11 is 12.1. The Balaban J connectivity index is 1.98. The largest absolute Gasteiger partial charge is 0.392 e. The summed E-state index contributed by atoms with van der Waals surface area (Å²) in [5.41, 5.74) is 0.954. The standard InChI is InChI=1S/C15H20Cl2O/c1-10-2-4-11(5-3-10)15(18)9-12-8-13(16)6-7-14(12)17/h6-8,10-11,15,18H,2-5,9H2,1H3. The molecular weight excluding hydrogens is 267 g/mol. The van der Waals surface area contributed by atoms with E-state index in [0.29, 0.717) is 22.4 Å². The first-order chi connectivity index (χ1) is 8.56. The summed E-state index contributed by atoms with van der Waals surface area (Å²) in [6.45, 7) is 2.29. The summed E-state index contributed by atoms with van der Waals surface area (Å²) in [5.74, 6) is 1.22. The smallest absolute Gasteiger partial charge is 0.0609 e. The summed E-state index contributed by atoms with van der Waals surface area (Å²) < 4.78 is 0. The maximum absolute atomic E-state index is 10.3. The van der Waals surface area contributed by atoms with Crippen LogP contribution in [-0.4, -0.2) is 11.2 Å². The fourth-order valence-electron chi connectivity index (χ4n) is 2.76. The molecule has 1 atom stereocenters. The first-order valence-corrected chi connectivity index (χ1v) is 7.44. The topological polar surface area (TPSA) is 20.2 Å². The van der Waals surface area contributed by atoms with Crippen molar-refractivity contribution < 1.29 is 5.11 Å². The predicted octanol–water partition coefficient (Wildman–Crippen LogP) is 4.72. The highest BCUT2D eigenvalue weighted by atomic mass is 35.5. The number of benzene rings is 1. The van der Waals surface area contributed by atoms with Crippen LogP contribution in [0.3, 0.4) is 0 Å². The maximum Gasteiger partial charge on any atom is 0.0609 e. The van der Waals surface area contributed by atoms with Crippen LogP contribution < -0.4 is 0 Å².